The number of aromatic amines is 1. The first-order valence-corrected chi connectivity index (χ1v) is 8.23. The van der Waals surface area contributed by atoms with Crippen LogP contribution in [0.2, 0.25) is 0 Å². The van der Waals surface area contributed by atoms with E-state index in [9.17, 15) is 4.79 Å². The molecular weight excluding hydrogens is 294 g/mol. The third kappa shape index (κ3) is 2.86. The van der Waals surface area contributed by atoms with E-state index in [2.05, 4.69) is 25.4 Å². The number of carbonyl (C=O) groups excluding carboxylic acids is 1. The number of nitrogens with one attached hydrogen (secondary N) is 1. The number of aromatic nitrogens is 5. The van der Waals surface area contributed by atoms with Crippen molar-refractivity contribution >= 4 is 5.91 Å². The summed E-state index contributed by atoms with van der Waals surface area (Å²) in [6.45, 7) is 5.20. The number of nitrogens with zero attached hydrogens (tertiary/aromatic N) is 6. The van der Waals surface area contributed by atoms with Gasteiger partial charge < -0.3 is 4.90 Å². The molecule has 1 amide bonds. The Hall–Kier alpha value is -2.22. The number of likely N-dealkylation sites (tertiary alicyclic amines) is 1. The van der Waals surface area contributed by atoms with Gasteiger partial charge in [-0.1, -0.05) is 5.21 Å². The maximum absolute atomic E-state index is 12.6. The molecule has 2 aromatic rings. The van der Waals surface area contributed by atoms with Gasteiger partial charge in [-0.2, -0.15) is 5.10 Å². The van der Waals surface area contributed by atoms with E-state index in [0.717, 1.165) is 50.5 Å². The van der Waals surface area contributed by atoms with E-state index in [-0.39, 0.29) is 5.91 Å². The predicted molar refractivity (Wildman–Crippen MR) is 82.5 cm³/mol. The van der Waals surface area contributed by atoms with Gasteiger partial charge in [0.25, 0.3) is 5.91 Å². The van der Waals surface area contributed by atoms with Crippen molar-refractivity contribution in [1.29, 1.82) is 0 Å². The zero-order chi connectivity index (χ0) is 15.6. The predicted octanol–water partition coefficient (Wildman–Crippen LogP) is 0.643. The SMILES string of the molecule is O=C(c1ccn[nH]1)N1CCCn2nnc(CN3CCCC3)c2C1. The fraction of sp³-hybridized carbons (Fsp3) is 0.600. The lowest BCUT2D eigenvalue weighted by molar-refractivity contribution is 0.0739. The number of hydrogen-bond donors (Lipinski definition) is 1. The van der Waals surface area contributed by atoms with Gasteiger partial charge in [0.1, 0.15) is 11.4 Å². The molecule has 8 nitrogen and oxygen atoms in total. The van der Waals surface area contributed by atoms with E-state index in [1.807, 2.05) is 9.58 Å². The quantitative estimate of drug-likeness (QED) is 0.899. The van der Waals surface area contributed by atoms with Crippen LogP contribution in [-0.4, -0.2) is 60.5 Å². The molecule has 8 heteroatoms. The molecule has 122 valence electrons. The van der Waals surface area contributed by atoms with Crippen molar-refractivity contribution in [3.8, 4) is 0 Å². The summed E-state index contributed by atoms with van der Waals surface area (Å²) in [6.07, 6.45) is 5.01. The Morgan fingerprint density at radius 2 is 2.04 bits per heavy atom. The van der Waals surface area contributed by atoms with Crippen LogP contribution < -0.4 is 0 Å². The second kappa shape index (κ2) is 6.11. The highest BCUT2D eigenvalue weighted by molar-refractivity contribution is 5.92. The summed E-state index contributed by atoms with van der Waals surface area (Å²) in [7, 11) is 0. The lowest BCUT2D eigenvalue weighted by Crippen LogP contribution is -2.31. The van der Waals surface area contributed by atoms with Crippen LogP contribution in [0.4, 0.5) is 0 Å². The van der Waals surface area contributed by atoms with Crippen LogP contribution in [0.5, 0.6) is 0 Å². The Kier molecular flexibility index (Phi) is 3.82. The Morgan fingerprint density at radius 3 is 2.83 bits per heavy atom. The van der Waals surface area contributed by atoms with Crippen LogP contribution in [-0.2, 0) is 19.6 Å². The molecule has 0 saturated carbocycles. The zero-order valence-corrected chi connectivity index (χ0v) is 13.1. The van der Waals surface area contributed by atoms with Crippen molar-refractivity contribution in [2.24, 2.45) is 0 Å². The van der Waals surface area contributed by atoms with Gasteiger partial charge >= 0.3 is 0 Å². The number of hydrogen-bond acceptors (Lipinski definition) is 5. The largest absolute Gasteiger partial charge is 0.331 e. The van der Waals surface area contributed by atoms with Gasteiger partial charge in [-0.25, -0.2) is 4.68 Å². The molecule has 0 aliphatic carbocycles. The summed E-state index contributed by atoms with van der Waals surface area (Å²) in [4.78, 5) is 16.9. The van der Waals surface area contributed by atoms with Crippen LogP contribution in [0.15, 0.2) is 12.3 Å². The second-order valence-corrected chi connectivity index (χ2v) is 6.24. The normalized spacial score (nSPS) is 18.9. The molecule has 0 unspecified atom stereocenters. The number of H-pyrrole nitrogens is 1. The highest BCUT2D eigenvalue weighted by atomic mass is 16.2. The van der Waals surface area contributed by atoms with Gasteiger partial charge in [0.05, 0.1) is 12.2 Å². The molecule has 0 aromatic carbocycles. The van der Waals surface area contributed by atoms with E-state index in [1.54, 1.807) is 12.3 Å². The fourth-order valence-electron chi connectivity index (χ4n) is 3.39. The first kappa shape index (κ1) is 14.4. The Morgan fingerprint density at radius 1 is 1.17 bits per heavy atom. The highest BCUT2D eigenvalue weighted by Gasteiger charge is 2.25. The molecule has 23 heavy (non-hydrogen) atoms. The Labute approximate surface area is 134 Å². The summed E-state index contributed by atoms with van der Waals surface area (Å²) in [5.41, 5.74) is 2.62. The molecule has 4 rings (SSSR count). The summed E-state index contributed by atoms with van der Waals surface area (Å²) in [5.74, 6) is -0.00993. The maximum atomic E-state index is 12.6. The van der Waals surface area contributed by atoms with Gasteiger partial charge in [0.2, 0.25) is 0 Å². The van der Waals surface area contributed by atoms with Gasteiger partial charge in [-0.3, -0.25) is 14.8 Å². The van der Waals surface area contributed by atoms with Crippen LogP contribution >= 0.6 is 0 Å². The minimum Gasteiger partial charge on any atom is -0.331 e. The smallest absolute Gasteiger partial charge is 0.272 e. The molecule has 2 aromatic heterocycles. The van der Waals surface area contributed by atoms with Gasteiger partial charge in [0.15, 0.2) is 0 Å². The zero-order valence-electron chi connectivity index (χ0n) is 13.1. The van der Waals surface area contributed by atoms with Gasteiger partial charge in [-0.15, -0.1) is 5.10 Å². The molecule has 1 N–H and O–H groups in total. The second-order valence-electron chi connectivity index (χ2n) is 6.24. The van der Waals surface area contributed by atoms with Gasteiger partial charge in [0, 0.05) is 25.8 Å². The van der Waals surface area contributed by atoms with E-state index in [4.69, 9.17) is 0 Å². The molecule has 1 fully saturated rings. The fourth-order valence-corrected chi connectivity index (χ4v) is 3.39. The average Bonchev–Trinajstić information content (AvgIpc) is 3.29. The summed E-state index contributed by atoms with van der Waals surface area (Å²) >= 11 is 0. The molecular formula is C15H21N7O. The number of carbonyl (C=O) groups is 1. The highest BCUT2D eigenvalue weighted by Crippen LogP contribution is 2.19. The Balaban J connectivity index is 1.55. The summed E-state index contributed by atoms with van der Waals surface area (Å²) in [5, 5.41) is 15.3. The number of amides is 1. The van der Waals surface area contributed by atoms with Crippen molar-refractivity contribution in [2.75, 3.05) is 19.6 Å². The molecule has 0 radical (unpaired) electrons. The third-order valence-corrected chi connectivity index (χ3v) is 4.65. The minimum atomic E-state index is -0.00993. The monoisotopic (exact) mass is 315 g/mol. The molecule has 4 heterocycles. The lowest BCUT2D eigenvalue weighted by atomic mass is 10.2. The van der Waals surface area contributed by atoms with Crippen LogP contribution in [0.3, 0.4) is 0 Å². The lowest BCUT2D eigenvalue weighted by Gasteiger charge is -2.20. The van der Waals surface area contributed by atoms with E-state index < -0.39 is 0 Å². The van der Waals surface area contributed by atoms with Crippen molar-refractivity contribution in [3.05, 3.63) is 29.3 Å². The van der Waals surface area contributed by atoms with Crippen molar-refractivity contribution < 1.29 is 4.79 Å². The summed E-state index contributed by atoms with van der Waals surface area (Å²) in [6, 6.07) is 1.72. The number of rotatable bonds is 3. The molecule has 2 aliphatic rings. The first-order chi connectivity index (χ1) is 11.3. The van der Waals surface area contributed by atoms with Gasteiger partial charge in [-0.05, 0) is 38.4 Å². The van der Waals surface area contributed by atoms with Crippen LogP contribution in [0.25, 0.3) is 0 Å². The maximum Gasteiger partial charge on any atom is 0.272 e. The topological polar surface area (TPSA) is 82.9 Å². The van der Waals surface area contributed by atoms with E-state index >= 15 is 0 Å². The number of aryl methyl sites for hydroxylation is 1. The van der Waals surface area contributed by atoms with E-state index in [0.29, 0.717) is 12.2 Å². The van der Waals surface area contributed by atoms with Crippen molar-refractivity contribution in [1.82, 2.24) is 35.0 Å². The van der Waals surface area contributed by atoms with Crippen molar-refractivity contribution in [3.63, 3.8) is 0 Å². The molecule has 0 bridgehead atoms. The standard InChI is InChI=1S/C15H21N7O/c23-15(12-4-5-16-17-12)21-8-3-9-22-14(11-21)13(18-19-22)10-20-6-1-2-7-20/h4-5H,1-3,6-11H2,(H,16,17). The number of fused-ring (bicyclic) bond motifs is 1. The van der Waals surface area contributed by atoms with Crippen molar-refractivity contribution in [2.45, 2.75) is 38.9 Å². The molecule has 0 spiro atoms. The Bertz CT molecular complexity index is 672. The van der Waals surface area contributed by atoms with E-state index in [1.165, 1.54) is 12.8 Å². The van der Waals surface area contributed by atoms with Crippen LogP contribution in [0, 0.1) is 0 Å². The molecule has 2 aliphatic heterocycles. The summed E-state index contributed by atoms with van der Waals surface area (Å²) < 4.78 is 1.96. The van der Waals surface area contributed by atoms with Crippen LogP contribution in [0.1, 0.15) is 41.1 Å². The average molecular weight is 315 g/mol. The molecule has 0 atom stereocenters. The third-order valence-electron chi connectivity index (χ3n) is 4.65. The minimum absolute atomic E-state index is 0.00993. The molecule has 1 saturated heterocycles. The first-order valence-electron chi connectivity index (χ1n) is 8.23.